The van der Waals surface area contributed by atoms with Crippen LogP contribution in [-0.2, 0) is 4.74 Å². The molecule has 0 aliphatic carbocycles. The largest absolute Gasteiger partial charge is 0.462 e. The molecule has 0 fully saturated rings. The van der Waals surface area contributed by atoms with Gasteiger partial charge in [-0.25, -0.2) is 14.8 Å². The lowest BCUT2D eigenvalue weighted by atomic mass is 10.2. The summed E-state index contributed by atoms with van der Waals surface area (Å²) in [6.45, 7) is 2.05. The van der Waals surface area contributed by atoms with E-state index in [9.17, 15) is 4.79 Å². The SMILES string of the molecule is CCOC(=O)c1cnc(SC)nc1Nc1ccc(Cl)cc1. The van der Waals surface area contributed by atoms with Gasteiger partial charge in [-0.15, -0.1) is 0 Å². The maximum Gasteiger partial charge on any atom is 0.343 e. The highest BCUT2D eigenvalue weighted by Gasteiger charge is 2.16. The van der Waals surface area contributed by atoms with Gasteiger partial charge in [-0.3, -0.25) is 0 Å². The van der Waals surface area contributed by atoms with E-state index < -0.39 is 5.97 Å². The number of rotatable bonds is 5. The number of hydrogen-bond donors (Lipinski definition) is 1. The second kappa shape index (κ2) is 7.28. The Morgan fingerprint density at radius 1 is 1.38 bits per heavy atom. The van der Waals surface area contributed by atoms with Crippen molar-refractivity contribution in [1.82, 2.24) is 9.97 Å². The molecule has 1 aromatic heterocycles. The molecule has 1 aromatic carbocycles. The Kier molecular flexibility index (Phi) is 5.41. The van der Waals surface area contributed by atoms with Crippen molar-refractivity contribution in [2.24, 2.45) is 0 Å². The van der Waals surface area contributed by atoms with Crippen molar-refractivity contribution in [3.05, 3.63) is 41.0 Å². The van der Waals surface area contributed by atoms with E-state index >= 15 is 0 Å². The Bertz CT molecular complexity index is 635. The number of esters is 1. The van der Waals surface area contributed by atoms with Gasteiger partial charge < -0.3 is 10.1 Å². The minimum atomic E-state index is -0.457. The molecule has 0 saturated carbocycles. The highest BCUT2D eigenvalue weighted by atomic mass is 35.5. The molecule has 0 radical (unpaired) electrons. The Labute approximate surface area is 132 Å². The Balaban J connectivity index is 2.34. The van der Waals surface area contributed by atoms with Crippen molar-refractivity contribution in [1.29, 1.82) is 0 Å². The first-order valence-corrected chi connectivity index (χ1v) is 7.85. The lowest BCUT2D eigenvalue weighted by molar-refractivity contribution is 0.0526. The van der Waals surface area contributed by atoms with Crippen LogP contribution in [0.2, 0.25) is 5.02 Å². The van der Waals surface area contributed by atoms with Crippen molar-refractivity contribution in [3.63, 3.8) is 0 Å². The monoisotopic (exact) mass is 323 g/mol. The first-order chi connectivity index (χ1) is 10.1. The molecule has 2 aromatic rings. The number of nitrogens with zero attached hydrogens (tertiary/aromatic N) is 2. The standard InChI is InChI=1S/C14H14ClN3O2S/c1-3-20-13(19)11-8-16-14(21-2)18-12(11)17-10-6-4-9(15)5-7-10/h4-8H,3H2,1-2H3,(H,16,17,18). The predicted molar refractivity (Wildman–Crippen MR) is 84.5 cm³/mol. The molecule has 0 unspecified atom stereocenters. The summed E-state index contributed by atoms with van der Waals surface area (Å²) in [5, 5.41) is 4.30. The van der Waals surface area contributed by atoms with Crippen molar-refractivity contribution in [2.75, 3.05) is 18.2 Å². The van der Waals surface area contributed by atoms with E-state index in [0.29, 0.717) is 28.2 Å². The van der Waals surface area contributed by atoms with E-state index in [0.717, 1.165) is 5.69 Å². The van der Waals surface area contributed by atoms with Crippen molar-refractivity contribution < 1.29 is 9.53 Å². The molecule has 0 bridgehead atoms. The van der Waals surface area contributed by atoms with Gasteiger partial charge >= 0.3 is 5.97 Å². The number of carbonyl (C=O) groups is 1. The van der Waals surface area contributed by atoms with Crippen LogP contribution in [-0.4, -0.2) is 28.8 Å². The summed E-state index contributed by atoms with van der Waals surface area (Å²) in [6, 6.07) is 7.12. The van der Waals surface area contributed by atoms with E-state index in [1.807, 2.05) is 6.26 Å². The molecule has 0 amide bonds. The number of hydrogen-bond acceptors (Lipinski definition) is 6. The molecule has 0 aliphatic heterocycles. The summed E-state index contributed by atoms with van der Waals surface area (Å²) in [6.07, 6.45) is 3.33. The van der Waals surface area contributed by atoms with E-state index in [2.05, 4.69) is 15.3 Å². The van der Waals surface area contributed by atoms with Gasteiger partial charge in [0.25, 0.3) is 0 Å². The van der Waals surface area contributed by atoms with Crippen LogP contribution in [0.3, 0.4) is 0 Å². The van der Waals surface area contributed by atoms with Crippen LogP contribution in [0, 0.1) is 0 Å². The first-order valence-electron chi connectivity index (χ1n) is 6.24. The Morgan fingerprint density at radius 2 is 2.10 bits per heavy atom. The quantitative estimate of drug-likeness (QED) is 0.513. The zero-order valence-corrected chi connectivity index (χ0v) is 13.2. The maximum atomic E-state index is 11.9. The van der Waals surface area contributed by atoms with Crippen molar-refractivity contribution >= 4 is 40.8 Å². The fourth-order valence-electron chi connectivity index (χ4n) is 1.59. The molecule has 0 aliphatic rings. The molecule has 2 rings (SSSR count). The Morgan fingerprint density at radius 3 is 2.71 bits per heavy atom. The lowest BCUT2D eigenvalue weighted by Crippen LogP contribution is -2.10. The third-order valence-electron chi connectivity index (χ3n) is 2.55. The van der Waals surface area contributed by atoms with Gasteiger partial charge in [-0.1, -0.05) is 23.4 Å². The van der Waals surface area contributed by atoms with E-state index in [4.69, 9.17) is 16.3 Å². The zero-order chi connectivity index (χ0) is 15.2. The molecule has 0 spiro atoms. The molecular weight excluding hydrogens is 310 g/mol. The number of nitrogens with one attached hydrogen (secondary N) is 1. The number of aromatic nitrogens is 2. The molecule has 1 heterocycles. The topological polar surface area (TPSA) is 64.1 Å². The lowest BCUT2D eigenvalue weighted by Gasteiger charge is -2.11. The number of ether oxygens (including phenoxy) is 1. The normalized spacial score (nSPS) is 10.2. The summed E-state index contributed by atoms with van der Waals surface area (Å²) in [7, 11) is 0. The summed E-state index contributed by atoms with van der Waals surface area (Å²) in [4.78, 5) is 20.4. The number of thioether (sulfide) groups is 1. The van der Waals surface area contributed by atoms with Gasteiger partial charge in [0, 0.05) is 16.9 Å². The highest BCUT2D eigenvalue weighted by molar-refractivity contribution is 7.98. The van der Waals surface area contributed by atoms with Crippen LogP contribution in [0.15, 0.2) is 35.6 Å². The number of anilines is 2. The molecule has 5 nitrogen and oxygen atoms in total. The van der Waals surface area contributed by atoms with E-state index in [1.165, 1.54) is 18.0 Å². The summed E-state index contributed by atoms with van der Waals surface area (Å²) in [5.41, 5.74) is 1.07. The fraction of sp³-hybridized carbons (Fsp3) is 0.214. The van der Waals surface area contributed by atoms with E-state index in [-0.39, 0.29) is 0 Å². The smallest absolute Gasteiger partial charge is 0.343 e. The van der Waals surface area contributed by atoms with Crippen molar-refractivity contribution in [3.8, 4) is 0 Å². The van der Waals surface area contributed by atoms with Gasteiger partial charge in [-0.05, 0) is 37.4 Å². The predicted octanol–water partition coefficient (Wildman–Crippen LogP) is 3.77. The van der Waals surface area contributed by atoms with Crippen LogP contribution in [0.1, 0.15) is 17.3 Å². The second-order valence-electron chi connectivity index (χ2n) is 3.97. The van der Waals surface area contributed by atoms with Gasteiger partial charge in [0.2, 0.25) is 0 Å². The maximum absolute atomic E-state index is 11.9. The molecule has 110 valence electrons. The fourth-order valence-corrected chi connectivity index (χ4v) is 2.05. The van der Waals surface area contributed by atoms with Crippen LogP contribution < -0.4 is 5.32 Å². The average molecular weight is 324 g/mol. The van der Waals surface area contributed by atoms with Gasteiger partial charge in [0.1, 0.15) is 11.4 Å². The highest BCUT2D eigenvalue weighted by Crippen LogP contribution is 2.23. The van der Waals surface area contributed by atoms with Gasteiger partial charge in [0.05, 0.1) is 6.61 Å². The minimum Gasteiger partial charge on any atom is -0.462 e. The Hall–Kier alpha value is -1.79. The number of halogens is 1. The third kappa shape index (κ3) is 4.09. The molecule has 7 heteroatoms. The second-order valence-corrected chi connectivity index (χ2v) is 5.18. The minimum absolute atomic E-state index is 0.295. The average Bonchev–Trinajstić information content (AvgIpc) is 2.49. The summed E-state index contributed by atoms with van der Waals surface area (Å²) < 4.78 is 5.01. The number of benzene rings is 1. The van der Waals surface area contributed by atoms with Crippen molar-refractivity contribution in [2.45, 2.75) is 12.1 Å². The zero-order valence-electron chi connectivity index (χ0n) is 11.6. The van der Waals surface area contributed by atoms with Gasteiger partial charge in [-0.2, -0.15) is 0 Å². The third-order valence-corrected chi connectivity index (χ3v) is 3.37. The first kappa shape index (κ1) is 15.6. The number of carbonyl (C=O) groups excluding carboxylic acids is 1. The van der Waals surface area contributed by atoms with Gasteiger partial charge in [0.15, 0.2) is 5.16 Å². The van der Waals surface area contributed by atoms with Crippen LogP contribution in [0.4, 0.5) is 11.5 Å². The van der Waals surface area contributed by atoms with Crippen LogP contribution in [0.25, 0.3) is 0 Å². The summed E-state index contributed by atoms with van der Waals surface area (Å²) >= 11 is 7.25. The summed E-state index contributed by atoms with van der Waals surface area (Å²) in [5.74, 6) is -0.0447. The molecule has 0 atom stereocenters. The van der Waals surface area contributed by atoms with Crippen LogP contribution >= 0.6 is 23.4 Å². The van der Waals surface area contributed by atoms with Crippen LogP contribution in [0.5, 0.6) is 0 Å². The molecule has 1 N–H and O–H groups in total. The molecule has 0 saturated heterocycles. The molecule has 21 heavy (non-hydrogen) atoms. The van der Waals surface area contributed by atoms with E-state index in [1.54, 1.807) is 31.2 Å². The molecular formula is C14H14ClN3O2S.